The highest BCUT2D eigenvalue weighted by Gasteiger charge is 2.22. The smallest absolute Gasteiger partial charge is 0.254 e. The van der Waals surface area contributed by atoms with E-state index in [0.717, 1.165) is 18.9 Å². The van der Waals surface area contributed by atoms with E-state index in [1.807, 2.05) is 13.8 Å². The first-order valence-electron chi connectivity index (χ1n) is 6.38. The second-order valence-corrected chi connectivity index (χ2v) is 4.31. The van der Waals surface area contributed by atoms with E-state index in [1.165, 1.54) is 11.0 Å². The monoisotopic (exact) mass is 268 g/mol. The number of aromatic nitrogens is 1. The summed E-state index contributed by atoms with van der Waals surface area (Å²) >= 11 is 0. The van der Waals surface area contributed by atoms with E-state index in [0.29, 0.717) is 0 Å². The van der Waals surface area contributed by atoms with E-state index in [4.69, 9.17) is 5.11 Å². The second-order valence-electron chi connectivity index (χ2n) is 4.31. The summed E-state index contributed by atoms with van der Waals surface area (Å²) in [6.07, 6.45) is 1.52. The number of aliphatic hydroxyl groups excluding tert-OH is 1. The number of nitrogens with zero attached hydrogens (tertiary/aromatic N) is 1. The van der Waals surface area contributed by atoms with Crippen LogP contribution in [0.1, 0.15) is 37.0 Å². The van der Waals surface area contributed by atoms with Crippen molar-refractivity contribution in [2.45, 2.75) is 32.7 Å². The minimum absolute atomic E-state index is 0.00100. The molecule has 6 heteroatoms. The summed E-state index contributed by atoms with van der Waals surface area (Å²) in [4.78, 5) is 27.3. The molecular weight excluding hydrogens is 248 g/mol. The predicted molar refractivity (Wildman–Crippen MR) is 71.2 cm³/mol. The summed E-state index contributed by atoms with van der Waals surface area (Å²) < 4.78 is 0. The van der Waals surface area contributed by atoms with Crippen LogP contribution in [-0.4, -0.2) is 45.2 Å². The summed E-state index contributed by atoms with van der Waals surface area (Å²) in [6, 6.07) is 2.37. The number of H-pyrrole nitrogens is 1. The number of aliphatic hydroxyl groups is 1. The van der Waals surface area contributed by atoms with E-state index in [1.54, 1.807) is 0 Å². The average Bonchev–Trinajstić information content (AvgIpc) is 2.37. The van der Waals surface area contributed by atoms with Crippen molar-refractivity contribution in [2.75, 3.05) is 13.2 Å². The number of aromatic hydroxyl groups is 1. The number of pyridine rings is 1. The largest absolute Gasteiger partial charge is 0.494 e. The first-order chi connectivity index (χ1) is 9.03. The lowest BCUT2D eigenvalue weighted by Crippen LogP contribution is -2.41. The number of hydrogen-bond donors (Lipinski definition) is 3. The van der Waals surface area contributed by atoms with Crippen molar-refractivity contribution < 1.29 is 15.0 Å². The molecule has 0 bridgehead atoms. The molecule has 0 aliphatic rings. The molecule has 0 atom stereocenters. The van der Waals surface area contributed by atoms with E-state index in [-0.39, 0.29) is 36.5 Å². The van der Waals surface area contributed by atoms with E-state index < -0.39 is 5.56 Å². The maximum Gasteiger partial charge on any atom is 0.254 e. The lowest BCUT2D eigenvalue weighted by atomic mass is 10.1. The van der Waals surface area contributed by atoms with Gasteiger partial charge >= 0.3 is 0 Å². The van der Waals surface area contributed by atoms with Gasteiger partial charge in [-0.15, -0.1) is 0 Å². The van der Waals surface area contributed by atoms with Gasteiger partial charge in [-0.05, 0) is 12.8 Å². The minimum Gasteiger partial charge on any atom is -0.494 e. The Balaban J connectivity index is 3.08. The number of amides is 1. The quantitative estimate of drug-likeness (QED) is 0.708. The van der Waals surface area contributed by atoms with Gasteiger partial charge in [-0.3, -0.25) is 14.6 Å². The van der Waals surface area contributed by atoms with Crippen LogP contribution in [0.4, 0.5) is 0 Å². The average molecular weight is 268 g/mol. The first kappa shape index (κ1) is 15.2. The van der Waals surface area contributed by atoms with Gasteiger partial charge in [0.15, 0.2) is 5.88 Å². The fourth-order valence-electron chi connectivity index (χ4n) is 2.11. The van der Waals surface area contributed by atoms with Gasteiger partial charge in [0.25, 0.3) is 11.5 Å². The van der Waals surface area contributed by atoms with Gasteiger partial charge in [0.2, 0.25) is 0 Å². The Kier molecular flexibility index (Phi) is 5.57. The zero-order valence-electron chi connectivity index (χ0n) is 11.2. The van der Waals surface area contributed by atoms with Gasteiger partial charge in [0, 0.05) is 24.7 Å². The predicted octanol–water partition coefficient (Wildman–Crippen LogP) is 0.704. The van der Waals surface area contributed by atoms with Crippen molar-refractivity contribution in [1.29, 1.82) is 0 Å². The van der Waals surface area contributed by atoms with Crippen LogP contribution in [0, 0.1) is 0 Å². The van der Waals surface area contributed by atoms with Crippen LogP contribution >= 0.6 is 0 Å². The van der Waals surface area contributed by atoms with Crippen LogP contribution in [0.5, 0.6) is 5.88 Å². The first-order valence-corrected chi connectivity index (χ1v) is 6.38. The molecule has 1 heterocycles. The van der Waals surface area contributed by atoms with E-state index in [2.05, 4.69) is 4.98 Å². The Bertz CT molecular complexity index is 480. The summed E-state index contributed by atoms with van der Waals surface area (Å²) in [5.41, 5.74) is -0.404. The van der Waals surface area contributed by atoms with Crippen LogP contribution in [0.15, 0.2) is 16.9 Å². The Morgan fingerprint density at radius 2 is 2.00 bits per heavy atom. The molecule has 0 fully saturated rings. The second kappa shape index (κ2) is 6.94. The molecule has 19 heavy (non-hydrogen) atoms. The van der Waals surface area contributed by atoms with Gasteiger partial charge in [-0.25, -0.2) is 0 Å². The third-order valence-electron chi connectivity index (χ3n) is 3.06. The molecule has 0 aromatic carbocycles. The fourth-order valence-corrected chi connectivity index (χ4v) is 2.11. The Hall–Kier alpha value is -1.82. The molecule has 0 saturated heterocycles. The zero-order valence-corrected chi connectivity index (χ0v) is 11.2. The fraction of sp³-hybridized carbons (Fsp3) is 0.538. The van der Waals surface area contributed by atoms with Crippen molar-refractivity contribution in [1.82, 2.24) is 9.88 Å². The minimum atomic E-state index is -0.531. The number of hydrogen-bond acceptors (Lipinski definition) is 4. The lowest BCUT2D eigenvalue weighted by molar-refractivity contribution is 0.0621. The van der Waals surface area contributed by atoms with Gasteiger partial charge in [-0.1, -0.05) is 13.8 Å². The highest BCUT2D eigenvalue weighted by molar-refractivity contribution is 5.94. The van der Waals surface area contributed by atoms with Crippen molar-refractivity contribution in [3.8, 4) is 5.88 Å². The van der Waals surface area contributed by atoms with Crippen molar-refractivity contribution >= 4 is 5.91 Å². The van der Waals surface area contributed by atoms with Gasteiger partial charge in [-0.2, -0.15) is 0 Å². The van der Waals surface area contributed by atoms with Crippen LogP contribution in [0.25, 0.3) is 0 Å². The van der Waals surface area contributed by atoms with Gasteiger partial charge < -0.3 is 15.1 Å². The molecule has 0 saturated carbocycles. The highest BCUT2D eigenvalue weighted by Crippen LogP contribution is 2.14. The number of rotatable bonds is 6. The molecule has 0 aliphatic carbocycles. The maximum atomic E-state index is 12.3. The molecule has 1 aromatic rings. The van der Waals surface area contributed by atoms with Crippen molar-refractivity contribution in [3.05, 3.63) is 28.0 Å². The Morgan fingerprint density at radius 1 is 1.37 bits per heavy atom. The summed E-state index contributed by atoms with van der Waals surface area (Å²) in [5, 5.41) is 18.4. The topological polar surface area (TPSA) is 93.6 Å². The third-order valence-corrected chi connectivity index (χ3v) is 3.06. The summed E-state index contributed by atoms with van der Waals surface area (Å²) in [5.74, 6) is -0.700. The molecule has 0 unspecified atom stereocenters. The number of carbonyl (C=O) groups is 1. The lowest BCUT2D eigenvalue weighted by Gasteiger charge is -2.30. The van der Waals surface area contributed by atoms with Crippen LogP contribution in [0.3, 0.4) is 0 Å². The molecule has 0 radical (unpaired) electrons. The van der Waals surface area contributed by atoms with E-state index >= 15 is 0 Å². The van der Waals surface area contributed by atoms with Crippen LogP contribution < -0.4 is 5.56 Å². The molecule has 0 aliphatic heterocycles. The van der Waals surface area contributed by atoms with Gasteiger partial charge in [0.1, 0.15) is 0 Å². The van der Waals surface area contributed by atoms with E-state index in [9.17, 15) is 14.7 Å². The molecule has 0 spiro atoms. The van der Waals surface area contributed by atoms with Crippen molar-refractivity contribution in [2.24, 2.45) is 0 Å². The van der Waals surface area contributed by atoms with Crippen LogP contribution in [-0.2, 0) is 0 Å². The molecule has 6 nitrogen and oxygen atoms in total. The molecule has 1 aromatic heterocycles. The summed E-state index contributed by atoms with van der Waals surface area (Å²) in [7, 11) is 0. The Morgan fingerprint density at radius 3 is 2.47 bits per heavy atom. The molecule has 1 amide bonds. The third kappa shape index (κ3) is 3.82. The maximum absolute atomic E-state index is 12.3. The molecule has 1 rings (SSSR count). The zero-order chi connectivity index (χ0) is 14.4. The van der Waals surface area contributed by atoms with Gasteiger partial charge in [0.05, 0.1) is 12.2 Å². The molecule has 3 N–H and O–H groups in total. The Labute approximate surface area is 111 Å². The normalized spacial score (nSPS) is 10.7. The number of carbonyl (C=O) groups excluding carboxylic acids is 1. The summed E-state index contributed by atoms with van der Waals surface area (Å²) in [6.45, 7) is 3.98. The highest BCUT2D eigenvalue weighted by atomic mass is 16.3. The SMILES string of the molecule is CCC(CC)N(CCO)C(=O)c1cc(O)[nH]c(=O)c1. The standard InChI is InChI=1S/C13H20N2O4/c1-3-10(4-2)15(5-6-16)13(19)9-7-11(17)14-12(18)8-9/h7-8,10,16H,3-6H2,1-2H3,(H2,14,17,18). The number of aromatic amines is 1. The number of nitrogens with one attached hydrogen (secondary N) is 1. The van der Waals surface area contributed by atoms with Crippen molar-refractivity contribution in [3.63, 3.8) is 0 Å². The molecular formula is C13H20N2O4. The molecule has 106 valence electrons. The van der Waals surface area contributed by atoms with Crippen LogP contribution in [0.2, 0.25) is 0 Å².